The third-order valence-electron chi connectivity index (χ3n) is 2.09. The molecule has 88 valence electrons. The summed E-state index contributed by atoms with van der Waals surface area (Å²) in [5.74, 6) is -0.196. The van der Waals surface area contributed by atoms with Crippen molar-refractivity contribution in [2.45, 2.75) is 13.3 Å². The molecule has 0 atom stereocenters. The molecule has 0 aromatic carbocycles. The van der Waals surface area contributed by atoms with Gasteiger partial charge < -0.3 is 10.0 Å². The first kappa shape index (κ1) is 12.9. The fourth-order valence-electron chi connectivity index (χ4n) is 1.39. The molecule has 0 saturated carbocycles. The Labute approximate surface area is 99.9 Å². The van der Waals surface area contributed by atoms with Gasteiger partial charge in [0.2, 0.25) is 0 Å². The van der Waals surface area contributed by atoms with Crippen LogP contribution >= 0.6 is 11.6 Å². The normalized spacial score (nSPS) is 10.2. The molecule has 0 aliphatic carbocycles. The van der Waals surface area contributed by atoms with Gasteiger partial charge in [0.05, 0.1) is 6.61 Å². The van der Waals surface area contributed by atoms with Crippen molar-refractivity contribution in [1.29, 1.82) is 0 Å². The van der Waals surface area contributed by atoms with E-state index in [1.54, 1.807) is 11.0 Å². The third-order valence-corrected chi connectivity index (χ3v) is 2.33. The Balaban J connectivity index is 2.81. The first-order chi connectivity index (χ1) is 7.69. The molecule has 0 bridgehead atoms. The van der Waals surface area contributed by atoms with Crippen LogP contribution in [0.2, 0.25) is 5.02 Å². The second-order valence-corrected chi connectivity index (χ2v) is 3.81. The highest BCUT2D eigenvalue weighted by Gasteiger charge is 2.15. The standard InChI is InChI=1S/C11H15ClN2O2/c1-2-5-14(6-7-15)11(16)10-8-9(12)3-4-13-10/h3-4,8,15H,2,5-7H2,1H3. The van der Waals surface area contributed by atoms with Gasteiger partial charge in [-0.25, -0.2) is 0 Å². The minimum atomic E-state index is -0.196. The maximum Gasteiger partial charge on any atom is 0.272 e. The number of nitrogens with zero attached hydrogens (tertiary/aromatic N) is 2. The smallest absolute Gasteiger partial charge is 0.272 e. The molecule has 0 fully saturated rings. The Bertz CT molecular complexity index is 352. The first-order valence-corrected chi connectivity index (χ1v) is 5.58. The molecule has 1 rings (SSSR count). The van der Waals surface area contributed by atoms with Gasteiger partial charge in [-0.05, 0) is 18.6 Å². The molecular weight excluding hydrogens is 228 g/mol. The number of aliphatic hydroxyl groups excluding tert-OH is 1. The zero-order chi connectivity index (χ0) is 12.0. The second kappa shape index (κ2) is 6.45. The van der Waals surface area contributed by atoms with E-state index in [1.807, 2.05) is 6.92 Å². The Hall–Kier alpha value is -1.13. The molecule has 1 heterocycles. The molecule has 0 saturated heterocycles. The zero-order valence-electron chi connectivity index (χ0n) is 9.19. The Morgan fingerprint density at radius 2 is 2.31 bits per heavy atom. The monoisotopic (exact) mass is 242 g/mol. The Morgan fingerprint density at radius 1 is 1.56 bits per heavy atom. The third kappa shape index (κ3) is 3.47. The van der Waals surface area contributed by atoms with Crippen LogP contribution in [0.3, 0.4) is 0 Å². The average molecular weight is 243 g/mol. The minimum absolute atomic E-state index is 0.0493. The van der Waals surface area contributed by atoms with Gasteiger partial charge in [-0.2, -0.15) is 0 Å². The molecular formula is C11H15ClN2O2. The predicted octanol–water partition coefficient (Wildman–Crippen LogP) is 1.58. The van der Waals surface area contributed by atoms with E-state index in [4.69, 9.17) is 16.7 Å². The molecule has 4 nitrogen and oxygen atoms in total. The SMILES string of the molecule is CCCN(CCO)C(=O)c1cc(Cl)ccn1. The summed E-state index contributed by atoms with van der Waals surface area (Å²) in [4.78, 5) is 17.5. The molecule has 1 N–H and O–H groups in total. The average Bonchev–Trinajstić information content (AvgIpc) is 2.28. The molecule has 0 spiro atoms. The number of carbonyl (C=O) groups is 1. The molecule has 0 aliphatic rings. The highest BCUT2D eigenvalue weighted by Crippen LogP contribution is 2.10. The van der Waals surface area contributed by atoms with Crippen molar-refractivity contribution in [1.82, 2.24) is 9.88 Å². The number of hydrogen-bond donors (Lipinski definition) is 1. The summed E-state index contributed by atoms with van der Waals surface area (Å²) >= 11 is 5.79. The number of halogens is 1. The molecule has 1 aromatic rings. The number of aromatic nitrogens is 1. The molecule has 1 aromatic heterocycles. The van der Waals surface area contributed by atoms with E-state index in [0.717, 1.165) is 6.42 Å². The number of hydrogen-bond acceptors (Lipinski definition) is 3. The van der Waals surface area contributed by atoms with Gasteiger partial charge in [0.1, 0.15) is 5.69 Å². The van der Waals surface area contributed by atoms with E-state index in [2.05, 4.69) is 4.98 Å². The second-order valence-electron chi connectivity index (χ2n) is 3.38. The molecule has 0 aliphatic heterocycles. The van der Waals surface area contributed by atoms with E-state index >= 15 is 0 Å². The van der Waals surface area contributed by atoms with Crippen LogP contribution in [0.25, 0.3) is 0 Å². The maximum absolute atomic E-state index is 12.0. The van der Waals surface area contributed by atoms with Crippen LogP contribution in [-0.2, 0) is 0 Å². The molecule has 5 heteroatoms. The summed E-state index contributed by atoms with van der Waals surface area (Å²) in [7, 11) is 0. The largest absolute Gasteiger partial charge is 0.395 e. The van der Waals surface area contributed by atoms with Crippen molar-refractivity contribution in [3.8, 4) is 0 Å². The topological polar surface area (TPSA) is 53.4 Å². The van der Waals surface area contributed by atoms with E-state index in [1.165, 1.54) is 12.3 Å². The van der Waals surface area contributed by atoms with Gasteiger partial charge in [0.15, 0.2) is 0 Å². The highest BCUT2D eigenvalue weighted by molar-refractivity contribution is 6.30. The van der Waals surface area contributed by atoms with Crippen molar-refractivity contribution in [3.05, 3.63) is 29.0 Å². The van der Waals surface area contributed by atoms with Crippen LogP contribution in [0.15, 0.2) is 18.3 Å². The highest BCUT2D eigenvalue weighted by atomic mass is 35.5. The molecule has 1 amide bonds. The van der Waals surface area contributed by atoms with Crippen LogP contribution < -0.4 is 0 Å². The summed E-state index contributed by atoms with van der Waals surface area (Å²) in [5, 5.41) is 9.36. The lowest BCUT2D eigenvalue weighted by Crippen LogP contribution is -2.34. The number of aliphatic hydroxyl groups is 1. The molecule has 16 heavy (non-hydrogen) atoms. The van der Waals surface area contributed by atoms with E-state index in [-0.39, 0.29) is 12.5 Å². The lowest BCUT2D eigenvalue weighted by atomic mass is 10.3. The quantitative estimate of drug-likeness (QED) is 0.853. The van der Waals surface area contributed by atoms with Crippen molar-refractivity contribution < 1.29 is 9.90 Å². The van der Waals surface area contributed by atoms with Crippen molar-refractivity contribution in [2.75, 3.05) is 19.7 Å². The summed E-state index contributed by atoms with van der Waals surface area (Å²) < 4.78 is 0. The van der Waals surface area contributed by atoms with E-state index < -0.39 is 0 Å². The van der Waals surface area contributed by atoms with Crippen molar-refractivity contribution >= 4 is 17.5 Å². The summed E-state index contributed by atoms with van der Waals surface area (Å²) in [6.07, 6.45) is 2.34. The summed E-state index contributed by atoms with van der Waals surface area (Å²) in [6.45, 7) is 2.85. The van der Waals surface area contributed by atoms with Crippen molar-refractivity contribution in [3.63, 3.8) is 0 Å². The fourth-order valence-corrected chi connectivity index (χ4v) is 1.55. The number of rotatable bonds is 5. The Kier molecular flexibility index (Phi) is 5.22. The molecule has 0 unspecified atom stereocenters. The van der Waals surface area contributed by atoms with Crippen LogP contribution in [0.1, 0.15) is 23.8 Å². The molecule has 0 radical (unpaired) electrons. The van der Waals surface area contributed by atoms with Crippen LogP contribution in [0.4, 0.5) is 0 Å². The number of pyridine rings is 1. The predicted molar refractivity (Wildman–Crippen MR) is 62.5 cm³/mol. The van der Waals surface area contributed by atoms with E-state index in [0.29, 0.717) is 23.8 Å². The van der Waals surface area contributed by atoms with Crippen LogP contribution in [0.5, 0.6) is 0 Å². The van der Waals surface area contributed by atoms with E-state index in [9.17, 15) is 4.79 Å². The van der Waals surface area contributed by atoms with Crippen LogP contribution in [-0.4, -0.2) is 40.6 Å². The fraction of sp³-hybridized carbons (Fsp3) is 0.455. The van der Waals surface area contributed by atoms with Gasteiger partial charge in [-0.1, -0.05) is 18.5 Å². The summed E-state index contributed by atoms with van der Waals surface area (Å²) in [6, 6.07) is 3.15. The first-order valence-electron chi connectivity index (χ1n) is 5.20. The van der Waals surface area contributed by atoms with Gasteiger partial charge in [0.25, 0.3) is 5.91 Å². The number of carbonyl (C=O) groups excluding carboxylic acids is 1. The van der Waals surface area contributed by atoms with Gasteiger partial charge in [-0.3, -0.25) is 9.78 Å². The zero-order valence-corrected chi connectivity index (χ0v) is 9.94. The minimum Gasteiger partial charge on any atom is -0.395 e. The van der Waals surface area contributed by atoms with Gasteiger partial charge in [0, 0.05) is 24.3 Å². The van der Waals surface area contributed by atoms with Crippen LogP contribution in [0, 0.1) is 0 Å². The lowest BCUT2D eigenvalue weighted by molar-refractivity contribution is 0.0716. The summed E-state index contributed by atoms with van der Waals surface area (Å²) in [5.41, 5.74) is 0.314. The maximum atomic E-state index is 12.0. The Morgan fingerprint density at radius 3 is 2.88 bits per heavy atom. The van der Waals surface area contributed by atoms with Gasteiger partial charge in [-0.15, -0.1) is 0 Å². The van der Waals surface area contributed by atoms with Crippen molar-refractivity contribution in [2.24, 2.45) is 0 Å². The lowest BCUT2D eigenvalue weighted by Gasteiger charge is -2.20. The number of amides is 1. The van der Waals surface area contributed by atoms with Gasteiger partial charge >= 0.3 is 0 Å².